The second kappa shape index (κ2) is 8.43. The van der Waals surface area contributed by atoms with Gasteiger partial charge in [-0.2, -0.15) is 0 Å². The lowest BCUT2D eigenvalue weighted by Gasteiger charge is -2.32. The summed E-state index contributed by atoms with van der Waals surface area (Å²) < 4.78 is 0.928. The van der Waals surface area contributed by atoms with Crippen molar-refractivity contribution >= 4 is 32.9 Å². The van der Waals surface area contributed by atoms with Gasteiger partial charge in [-0.25, -0.2) is 0 Å². The summed E-state index contributed by atoms with van der Waals surface area (Å²) in [4.78, 5) is 5.95. The number of aromatic hydroxyl groups is 1. The highest BCUT2D eigenvalue weighted by Gasteiger charge is 2.18. The van der Waals surface area contributed by atoms with E-state index in [1.807, 2.05) is 12.1 Å². The van der Waals surface area contributed by atoms with Crippen LogP contribution in [0.2, 0.25) is 0 Å². The first-order valence-corrected chi connectivity index (χ1v) is 12.0. The van der Waals surface area contributed by atoms with Gasteiger partial charge in [0.2, 0.25) is 0 Å². The lowest BCUT2D eigenvalue weighted by Crippen LogP contribution is -2.43. The highest BCUT2D eigenvalue weighted by atomic mass is 32.9. The number of rotatable bonds is 4. The van der Waals surface area contributed by atoms with Gasteiger partial charge in [0.05, 0.1) is 4.88 Å². The molecule has 1 saturated heterocycles. The molecule has 1 N–H and O–H groups in total. The summed E-state index contributed by atoms with van der Waals surface area (Å²) in [6.07, 6.45) is 0. The molecule has 28 heavy (non-hydrogen) atoms. The van der Waals surface area contributed by atoms with Gasteiger partial charge in [0.25, 0.3) is 0 Å². The maximum absolute atomic E-state index is 10.4. The van der Waals surface area contributed by atoms with Gasteiger partial charge in [-0.05, 0) is 43.3 Å². The van der Waals surface area contributed by atoms with Gasteiger partial charge < -0.3 is 10.0 Å². The van der Waals surface area contributed by atoms with Crippen molar-refractivity contribution in [3.63, 3.8) is 0 Å². The predicted molar refractivity (Wildman–Crippen MR) is 123 cm³/mol. The monoisotopic (exact) mass is 428 g/mol. The molecule has 1 fully saturated rings. The molecular weight excluding hydrogens is 404 g/mol. The molecule has 0 spiro atoms. The number of likely N-dealkylation sites (N-methyl/N-ethyl adjacent to an activating group) is 1. The fraction of sp³-hybridized carbons (Fsp3) is 0.318. The Labute approximate surface area is 178 Å². The first-order chi connectivity index (χ1) is 13.5. The van der Waals surface area contributed by atoms with E-state index in [4.69, 9.17) is 12.2 Å². The van der Waals surface area contributed by atoms with E-state index >= 15 is 0 Å². The lowest BCUT2D eigenvalue weighted by atomic mass is 10.0. The third-order valence-corrected chi connectivity index (χ3v) is 8.37. The van der Waals surface area contributed by atoms with Crippen LogP contribution < -0.4 is 0 Å². The third kappa shape index (κ3) is 4.21. The molecule has 2 heterocycles. The van der Waals surface area contributed by atoms with Crippen LogP contribution in [0.5, 0.6) is 5.75 Å². The molecule has 0 radical (unpaired) electrons. The number of benzene rings is 2. The molecule has 0 bridgehead atoms. The Hall–Kier alpha value is -1.57. The molecule has 1 aromatic heterocycles. The second-order valence-corrected chi connectivity index (χ2v) is 10.3. The second-order valence-electron chi connectivity index (χ2n) is 7.45. The first kappa shape index (κ1) is 19.7. The van der Waals surface area contributed by atoms with Crippen LogP contribution in [-0.2, 0) is 6.54 Å². The summed E-state index contributed by atoms with van der Waals surface area (Å²) in [6.45, 7) is 7.09. The lowest BCUT2D eigenvalue weighted by molar-refractivity contribution is 0.147. The number of aryl methyl sites for hydroxylation is 1. The fourth-order valence-electron chi connectivity index (χ4n) is 3.52. The molecule has 2 aromatic carbocycles. The smallest absolute Gasteiger partial charge is 0.120 e. The zero-order chi connectivity index (χ0) is 19.7. The Morgan fingerprint density at radius 1 is 0.964 bits per heavy atom. The van der Waals surface area contributed by atoms with Crippen LogP contribution in [0.15, 0.2) is 42.5 Å². The van der Waals surface area contributed by atoms with Gasteiger partial charge >= 0.3 is 0 Å². The van der Waals surface area contributed by atoms with E-state index in [1.54, 1.807) is 20.7 Å². The average molecular weight is 429 g/mol. The molecule has 1 aliphatic heterocycles. The predicted octanol–water partition coefficient (Wildman–Crippen LogP) is 5.63. The Morgan fingerprint density at radius 2 is 1.64 bits per heavy atom. The summed E-state index contributed by atoms with van der Waals surface area (Å²) in [6, 6.07) is 14.5. The summed E-state index contributed by atoms with van der Waals surface area (Å²) in [7, 11) is 5.53. The van der Waals surface area contributed by atoms with Gasteiger partial charge in [0, 0.05) is 43.9 Å². The average Bonchev–Trinajstić information content (AvgIpc) is 3.07. The fourth-order valence-corrected chi connectivity index (χ4v) is 6.43. The Balaban J connectivity index is 1.67. The molecule has 6 heteroatoms. The first-order valence-electron chi connectivity index (χ1n) is 9.44. The highest BCUT2D eigenvalue weighted by Crippen LogP contribution is 2.42. The van der Waals surface area contributed by atoms with Crippen molar-refractivity contribution in [2.45, 2.75) is 13.5 Å². The minimum atomic E-state index is 0.374. The Kier molecular flexibility index (Phi) is 5.94. The van der Waals surface area contributed by atoms with Gasteiger partial charge in [-0.3, -0.25) is 4.90 Å². The number of hydrogen-bond donors (Lipinski definition) is 1. The largest absolute Gasteiger partial charge is 0.508 e. The van der Waals surface area contributed by atoms with Crippen LogP contribution in [0.3, 0.4) is 0 Å². The quantitative estimate of drug-likeness (QED) is 0.430. The summed E-state index contributed by atoms with van der Waals surface area (Å²) in [5, 5.41) is 10.4. The number of phenols is 1. The van der Waals surface area contributed by atoms with E-state index in [0.717, 1.165) is 58.8 Å². The van der Waals surface area contributed by atoms with Crippen molar-refractivity contribution in [3.05, 3.63) is 57.4 Å². The summed E-state index contributed by atoms with van der Waals surface area (Å²) in [5.74, 6) is 0.374. The normalized spacial score (nSPS) is 15.8. The molecule has 3 nitrogen and oxygen atoms in total. The van der Waals surface area contributed by atoms with Crippen LogP contribution in [0.4, 0.5) is 0 Å². The zero-order valence-electron chi connectivity index (χ0n) is 16.1. The van der Waals surface area contributed by atoms with Gasteiger partial charge in [0.15, 0.2) is 0 Å². The van der Waals surface area contributed by atoms with Crippen LogP contribution in [-0.4, -0.2) is 48.1 Å². The van der Waals surface area contributed by atoms with Gasteiger partial charge in [-0.1, -0.05) is 62.7 Å². The molecule has 146 valence electrons. The molecular formula is C22H24N2OS3. The topological polar surface area (TPSA) is 26.7 Å². The van der Waals surface area contributed by atoms with Crippen molar-refractivity contribution in [2.24, 2.45) is 0 Å². The van der Waals surface area contributed by atoms with Crippen LogP contribution in [0.25, 0.3) is 21.6 Å². The van der Waals surface area contributed by atoms with Gasteiger partial charge in [0.1, 0.15) is 9.57 Å². The molecule has 0 atom stereocenters. The maximum Gasteiger partial charge on any atom is 0.120 e. The van der Waals surface area contributed by atoms with E-state index in [0.29, 0.717) is 5.75 Å². The minimum absolute atomic E-state index is 0.374. The molecule has 0 amide bonds. The van der Waals surface area contributed by atoms with E-state index in [-0.39, 0.29) is 0 Å². The highest BCUT2D eigenvalue weighted by molar-refractivity contribution is 7.80. The van der Waals surface area contributed by atoms with E-state index < -0.39 is 0 Å². The standard InChI is InChI=1S/C22H24N2OS3/c1-15-3-5-16(6-4-15)20-21(27-28-22(20)26)17-7-8-19(25)18(13-17)14-24-11-9-23(2)10-12-24/h3-8,13,25H,9-12,14H2,1-2H3. The van der Waals surface area contributed by atoms with Crippen LogP contribution >= 0.6 is 32.9 Å². The van der Waals surface area contributed by atoms with E-state index in [9.17, 15) is 5.11 Å². The van der Waals surface area contributed by atoms with Crippen LogP contribution in [0.1, 0.15) is 11.1 Å². The van der Waals surface area contributed by atoms with E-state index in [2.05, 4.69) is 54.1 Å². The summed E-state index contributed by atoms with van der Waals surface area (Å²) in [5.41, 5.74) is 5.67. The molecule has 4 rings (SSSR count). The van der Waals surface area contributed by atoms with Crippen LogP contribution in [0, 0.1) is 10.7 Å². The number of nitrogens with zero attached hydrogens (tertiary/aromatic N) is 2. The van der Waals surface area contributed by atoms with Crippen molar-refractivity contribution < 1.29 is 5.11 Å². The molecule has 1 aliphatic rings. The van der Waals surface area contributed by atoms with Crippen molar-refractivity contribution in [1.29, 1.82) is 0 Å². The SMILES string of the molecule is Cc1ccc(-c2c(-c3ccc(O)c(CN4CCN(C)CC4)c3)ssc2=S)cc1. The van der Waals surface area contributed by atoms with Crippen molar-refractivity contribution in [2.75, 3.05) is 33.2 Å². The third-order valence-electron chi connectivity index (χ3n) is 5.30. The molecule has 3 aromatic rings. The van der Waals surface area contributed by atoms with Gasteiger partial charge in [-0.15, -0.1) is 0 Å². The minimum Gasteiger partial charge on any atom is -0.508 e. The Bertz CT molecular complexity index is 1020. The maximum atomic E-state index is 10.4. The van der Waals surface area contributed by atoms with Crippen molar-refractivity contribution in [1.82, 2.24) is 9.80 Å². The molecule has 0 saturated carbocycles. The van der Waals surface area contributed by atoms with E-state index in [1.165, 1.54) is 10.4 Å². The Morgan fingerprint density at radius 3 is 2.36 bits per heavy atom. The molecule has 0 unspecified atom stereocenters. The van der Waals surface area contributed by atoms with Crippen molar-refractivity contribution in [3.8, 4) is 27.3 Å². The number of hydrogen-bond acceptors (Lipinski definition) is 6. The zero-order valence-corrected chi connectivity index (χ0v) is 18.6. The summed E-state index contributed by atoms with van der Waals surface area (Å²) >= 11 is 5.65. The molecule has 0 aliphatic carbocycles. The number of phenolic OH excluding ortho intramolecular Hbond substituents is 1. The number of piperazine rings is 1.